The lowest BCUT2D eigenvalue weighted by Crippen LogP contribution is -2.34. The number of aryl methyl sites for hydroxylation is 2. The van der Waals surface area contributed by atoms with E-state index in [0.29, 0.717) is 56.4 Å². The number of phenols is 1. The number of carboxylic acid groups (broad SMARTS) is 2. The number of aromatic hydroxyl groups is 1. The smallest absolute Gasteiger partial charge is 0.337 e. The fraction of sp³-hybridized carbons (Fsp3) is 0.214. The summed E-state index contributed by atoms with van der Waals surface area (Å²) in [5.41, 5.74) is 2.53. The van der Waals surface area contributed by atoms with Crippen molar-refractivity contribution in [3.63, 3.8) is 0 Å². The number of fused-ring (bicyclic) bond motifs is 4. The molecule has 0 spiro atoms. The summed E-state index contributed by atoms with van der Waals surface area (Å²) in [6.45, 7) is 3.85. The van der Waals surface area contributed by atoms with E-state index in [1.54, 1.807) is 24.3 Å². The summed E-state index contributed by atoms with van der Waals surface area (Å²) in [6.07, 6.45) is 2.98. The number of nitrogens with zero attached hydrogens (tertiary/aromatic N) is 2. The van der Waals surface area contributed by atoms with E-state index in [9.17, 15) is 53.7 Å². The Hall–Kier alpha value is -10.2. The molecular weight excluding hydrogens is 1190 g/mol. The van der Waals surface area contributed by atoms with E-state index < -0.39 is 40.8 Å². The molecule has 0 saturated carbocycles. The summed E-state index contributed by atoms with van der Waals surface area (Å²) >= 11 is 13.9. The predicted molar refractivity (Wildman–Crippen MR) is 340 cm³/mol. The molecule has 5 aromatic carbocycles. The molecule has 1 saturated heterocycles. The maximum Gasteiger partial charge on any atom is 0.337 e. The molecule has 1 amide bonds. The zero-order valence-corrected chi connectivity index (χ0v) is 50.6. The fourth-order valence-electron chi connectivity index (χ4n) is 11.5. The average Bonchev–Trinajstić information content (AvgIpc) is 0.789. The van der Waals surface area contributed by atoms with Gasteiger partial charge in [-0.25, -0.2) is 19.0 Å². The molecule has 18 nitrogen and oxygen atoms in total. The van der Waals surface area contributed by atoms with Crippen molar-refractivity contribution in [3.05, 3.63) is 218 Å². The number of aromatic nitrogens is 2. The Morgan fingerprint density at radius 3 is 2.19 bits per heavy atom. The number of aromatic amines is 1. The van der Waals surface area contributed by atoms with Crippen LogP contribution >= 0.6 is 23.2 Å². The Balaban J connectivity index is 0.807. The number of ketones is 2. The van der Waals surface area contributed by atoms with Gasteiger partial charge in [0.15, 0.2) is 17.0 Å². The third-order valence-corrected chi connectivity index (χ3v) is 16.9. The highest BCUT2D eigenvalue weighted by Crippen LogP contribution is 2.48. The van der Waals surface area contributed by atoms with Crippen molar-refractivity contribution in [2.75, 3.05) is 14.1 Å². The average molecular weight is 1250 g/mol. The van der Waals surface area contributed by atoms with Crippen LogP contribution in [0, 0.1) is 18.8 Å². The van der Waals surface area contributed by atoms with E-state index >= 15 is 0 Å². The van der Waals surface area contributed by atoms with Gasteiger partial charge in [-0.05, 0) is 104 Å². The topological polar surface area (TPSA) is 269 Å². The van der Waals surface area contributed by atoms with Crippen molar-refractivity contribution in [2.45, 2.75) is 84.1 Å². The van der Waals surface area contributed by atoms with Gasteiger partial charge in [0.2, 0.25) is 5.36 Å². The van der Waals surface area contributed by atoms with E-state index in [2.05, 4.69) is 22.1 Å². The zero-order valence-electron chi connectivity index (χ0n) is 49.0. The van der Waals surface area contributed by atoms with Crippen LogP contribution in [0.25, 0.3) is 66.8 Å². The minimum atomic E-state index is -1.41. The first kappa shape index (κ1) is 61.5. The number of rotatable bonds is 17. The summed E-state index contributed by atoms with van der Waals surface area (Å²) in [5.74, 6) is 1.99. The normalized spacial score (nSPS) is 13.8. The van der Waals surface area contributed by atoms with Crippen molar-refractivity contribution in [1.29, 1.82) is 0 Å². The van der Waals surface area contributed by atoms with E-state index in [1.165, 1.54) is 65.4 Å². The van der Waals surface area contributed by atoms with Crippen LogP contribution in [-0.4, -0.2) is 74.5 Å². The van der Waals surface area contributed by atoms with Gasteiger partial charge < -0.3 is 34.2 Å². The van der Waals surface area contributed by atoms with Gasteiger partial charge in [0.1, 0.15) is 48.8 Å². The Morgan fingerprint density at radius 1 is 0.733 bits per heavy atom. The number of H-pyrrole nitrogens is 1. The quantitative estimate of drug-likeness (QED) is 0.0246. The number of amides is 1. The number of carbonyl (C=O) groups excluding carboxylic acids is 3. The molecule has 90 heavy (non-hydrogen) atoms. The molecule has 11 rings (SSSR count). The summed E-state index contributed by atoms with van der Waals surface area (Å²) in [4.78, 5) is 108. The highest BCUT2D eigenvalue weighted by molar-refractivity contribution is 6.41. The lowest BCUT2D eigenvalue weighted by molar-refractivity contribution is -0.00214. The van der Waals surface area contributed by atoms with Crippen LogP contribution in [-0.2, 0) is 24.1 Å². The van der Waals surface area contributed by atoms with Crippen molar-refractivity contribution >= 4 is 74.6 Å². The lowest BCUT2D eigenvalue weighted by atomic mass is 9.87. The molecule has 20 heteroatoms. The summed E-state index contributed by atoms with van der Waals surface area (Å²) in [5, 5.41) is 36.8. The van der Waals surface area contributed by atoms with Crippen molar-refractivity contribution in [1.82, 2.24) is 19.4 Å². The number of aromatic carboxylic acids is 2. The molecule has 0 unspecified atom stereocenters. The Bertz CT molecular complexity index is 4910. The van der Waals surface area contributed by atoms with Crippen LogP contribution in [0.1, 0.15) is 126 Å². The summed E-state index contributed by atoms with van der Waals surface area (Å²) < 4.78 is 21.9. The number of hydrogen-bond donors (Lipinski definition) is 5. The minimum Gasteiger partial charge on any atom is -0.508 e. The molecule has 5 aliphatic rings. The van der Waals surface area contributed by atoms with Crippen LogP contribution in [0.3, 0.4) is 0 Å². The second kappa shape index (κ2) is 25.5. The van der Waals surface area contributed by atoms with Crippen LogP contribution in [0.2, 0.25) is 10.0 Å². The van der Waals surface area contributed by atoms with Crippen molar-refractivity contribution in [3.8, 4) is 62.5 Å². The van der Waals surface area contributed by atoms with Gasteiger partial charge in [0.25, 0.3) is 11.5 Å². The summed E-state index contributed by atoms with van der Waals surface area (Å²) in [6, 6.07) is 29.9. The van der Waals surface area contributed by atoms with Gasteiger partial charge in [-0.15, -0.1) is 5.92 Å². The molecule has 4 heterocycles. The molecule has 1 aromatic heterocycles. The van der Waals surface area contributed by atoms with Gasteiger partial charge in [-0.2, -0.15) is 0 Å². The van der Waals surface area contributed by atoms with Crippen LogP contribution in [0.4, 0.5) is 0 Å². The van der Waals surface area contributed by atoms with Crippen molar-refractivity contribution in [2.24, 2.45) is 0 Å². The molecule has 0 bridgehead atoms. The lowest BCUT2D eigenvalue weighted by Gasteiger charge is -2.20. The Kier molecular flexibility index (Phi) is 17.4. The Morgan fingerprint density at radius 2 is 1.46 bits per heavy atom. The van der Waals surface area contributed by atoms with Gasteiger partial charge in [-0.3, -0.25) is 33.5 Å². The second-order valence-electron chi connectivity index (χ2n) is 22.2. The number of ether oxygens (including phenoxy) is 1. The van der Waals surface area contributed by atoms with Gasteiger partial charge in [0.05, 0.1) is 38.9 Å². The number of carbonyl (C=O) groups is 5. The molecule has 3 aliphatic heterocycles. The molecule has 2 aliphatic carbocycles. The fourth-order valence-corrected chi connectivity index (χ4v) is 12.1. The zero-order chi connectivity index (χ0) is 63.8. The standard InChI is InChI=1S/C70H56Cl2N4O14/c1-5-43-19-28-59(88-43)76-35-40(66(81)74-70(76)87)9-7-6-8-10-53(78)39-16-21-44(68(83)84)50(30-39)60-46-23-18-42(77)32-58(46)90-65-45(55(80)27-25-49(60)65)24-26-54(79)38-14-12-37(13-15-38)34-73-67(82)51-33-52(71)62(63(64(51)72)69(85)86)61-47-20-11-36(2)29-56(47)89-57-31-41(75(3)4)17-22-48(57)61/h11-18,20-23,25,27,29-33,35,43,59H,5,8-10,19,24,26,28,34H2,1-4H3,(H4-,73,74,77,80,81,82,83,84,85,86,87)/p+1/t43-,59-/m1/s1. The number of Topliss-reactive ketones (excluding diaryl/α,β-unsaturated/α-hetero) is 2. The number of phenolic OH excluding ortho intramolecular Hbond substituents is 1. The Labute approximate surface area is 522 Å². The highest BCUT2D eigenvalue weighted by Gasteiger charge is 2.31. The number of halogens is 2. The summed E-state index contributed by atoms with van der Waals surface area (Å²) in [7, 11) is 3.77. The van der Waals surface area contributed by atoms with E-state index in [-0.39, 0.29) is 134 Å². The number of hydrogen-bond acceptors (Lipinski definition) is 12. The number of nitrogens with one attached hydrogen (secondary N) is 2. The first-order valence-electron chi connectivity index (χ1n) is 28.9. The van der Waals surface area contributed by atoms with E-state index in [4.69, 9.17) is 36.8 Å². The largest absolute Gasteiger partial charge is 0.508 e. The molecule has 6 aromatic rings. The molecule has 0 radical (unpaired) electrons. The molecule has 454 valence electrons. The minimum absolute atomic E-state index is 0.00707. The van der Waals surface area contributed by atoms with Crippen LogP contribution in [0.15, 0.2) is 145 Å². The first-order valence-corrected chi connectivity index (χ1v) is 29.6. The van der Waals surface area contributed by atoms with Crippen LogP contribution in [0.5, 0.6) is 5.75 Å². The third kappa shape index (κ3) is 12.2. The SMILES string of the molecule is CC[C@@H]1CC[C@H](n2cc(CC#CCCC(=O)c3ccc(C(=O)O)c(-c4c5ccc(=O)cc-5oc5c(CCC(=O)c6ccc(CNC(=O)c7cc(Cl)c(-c8c9ccc(=[N+](C)C)cc-9oc9cc(C)ccc89)c(C(=O)O)c7Cl)cc6)c(O)ccc45)c3)c(=O)[nH]c2=O)O1. The van der Waals surface area contributed by atoms with E-state index in [0.717, 1.165) is 23.8 Å². The van der Waals surface area contributed by atoms with Gasteiger partial charge in [0, 0.05) is 111 Å². The maximum atomic E-state index is 13.9. The van der Waals surface area contributed by atoms with Crippen molar-refractivity contribution < 1.29 is 52.9 Å². The maximum absolute atomic E-state index is 13.9. The van der Waals surface area contributed by atoms with Gasteiger partial charge >= 0.3 is 17.6 Å². The number of carboxylic acids is 2. The molecule has 2 atom stereocenters. The molecule has 5 N–H and O–H groups in total. The number of benzene rings is 7. The van der Waals surface area contributed by atoms with E-state index in [1.807, 2.05) is 68.9 Å². The predicted octanol–water partition coefficient (Wildman–Crippen LogP) is 11.7. The molecule has 1 fully saturated rings. The highest BCUT2D eigenvalue weighted by atomic mass is 35.5. The van der Waals surface area contributed by atoms with Gasteiger partial charge in [-0.1, -0.05) is 78.5 Å². The third-order valence-electron chi connectivity index (χ3n) is 16.2. The molecular formula is C70H57Cl2N4O14+. The first-order chi connectivity index (χ1) is 43.2. The van der Waals surface area contributed by atoms with Crippen LogP contribution < -0.4 is 31.9 Å². The second-order valence-corrected chi connectivity index (χ2v) is 23.0. The monoisotopic (exact) mass is 1250 g/mol.